The minimum Gasteiger partial charge on any atom is -0.409 e. The van der Waals surface area contributed by atoms with E-state index in [9.17, 15) is 5.11 Å². The predicted molar refractivity (Wildman–Crippen MR) is 74.3 cm³/mol. The van der Waals surface area contributed by atoms with Crippen LogP contribution in [0.4, 0.5) is 0 Å². The first-order valence-corrected chi connectivity index (χ1v) is 6.59. The molecule has 1 aromatic carbocycles. The Morgan fingerprint density at radius 2 is 2.05 bits per heavy atom. The average Bonchev–Trinajstić information content (AvgIpc) is 2.42. The predicted octanol–water partition coefficient (Wildman–Crippen LogP) is 1.02. The number of hydrogen-bond donors (Lipinski definition) is 4. The Kier molecular flexibility index (Phi) is 4.39. The highest BCUT2D eigenvalue weighted by Crippen LogP contribution is 2.31. The van der Waals surface area contributed by atoms with E-state index in [2.05, 4.69) is 10.5 Å². The number of benzene rings is 1. The van der Waals surface area contributed by atoms with Crippen LogP contribution in [0.25, 0.3) is 0 Å². The third-order valence-electron chi connectivity index (χ3n) is 3.97. The van der Waals surface area contributed by atoms with Crippen LogP contribution < -0.4 is 11.1 Å². The van der Waals surface area contributed by atoms with Crippen LogP contribution in [0.5, 0.6) is 0 Å². The molecule has 0 aromatic heterocycles. The molecule has 104 valence electrons. The molecule has 1 fully saturated rings. The zero-order valence-electron chi connectivity index (χ0n) is 10.9. The maximum absolute atomic E-state index is 9.44. The second-order valence-corrected chi connectivity index (χ2v) is 5.16. The summed E-state index contributed by atoms with van der Waals surface area (Å²) in [6.07, 6.45) is 3.08. The lowest BCUT2D eigenvalue weighted by atomic mass is 9.77. The van der Waals surface area contributed by atoms with Gasteiger partial charge in [-0.2, -0.15) is 0 Å². The summed E-state index contributed by atoms with van der Waals surface area (Å²) in [6.45, 7) is 0.686. The van der Waals surface area contributed by atoms with Crippen molar-refractivity contribution in [2.45, 2.75) is 30.7 Å². The Morgan fingerprint density at radius 1 is 1.37 bits per heavy atom. The standard InChI is InChI=1S/C14H21N3O2/c15-13(17-19)12(11-5-2-1-3-6-11)9-16-14(10-18)7-4-8-14/h1-3,5-6,12,16,18-19H,4,7-10H2,(H2,15,17). The van der Waals surface area contributed by atoms with Crippen LogP contribution >= 0.6 is 0 Å². The number of aliphatic hydroxyl groups excluding tert-OH is 1. The van der Waals surface area contributed by atoms with Crippen LogP contribution in [0.15, 0.2) is 35.5 Å². The van der Waals surface area contributed by atoms with E-state index < -0.39 is 0 Å². The molecule has 0 bridgehead atoms. The molecule has 0 radical (unpaired) electrons. The molecule has 2 rings (SSSR count). The van der Waals surface area contributed by atoms with E-state index in [1.165, 1.54) is 0 Å². The van der Waals surface area contributed by atoms with Crippen molar-refractivity contribution in [3.63, 3.8) is 0 Å². The van der Waals surface area contributed by atoms with Crippen LogP contribution in [0.3, 0.4) is 0 Å². The first-order valence-electron chi connectivity index (χ1n) is 6.59. The van der Waals surface area contributed by atoms with Crippen LogP contribution in [-0.4, -0.2) is 34.8 Å². The van der Waals surface area contributed by atoms with Gasteiger partial charge in [0.15, 0.2) is 0 Å². The summed E-state index contributed by atoms with van der Waals surface area (Å²) in [5, 5.41) is 24.9. The van der Waals surface area contributed by atoms with E-state index in [4.69, 9.17) is 10.9 Å². The van der Waals surface area contributed by atoms with E-state index in [0.29, 0.717) is 6.54 Å². The number of aliphatic hydroxyl groups is 1. The van der Waals surface area contributed by atoms with E-state index >= 15 is 0 Å². The number of oxime groups is 1. The van der Waals surface area contributed by atoms with E-state index in [1.54, 1.807) is 0 Å². The summed E-state index contributed by atoms with van der Waals surface area (Å²) in [6, 6.07) is 9.70. The summed E-state index contributed by atoms with van der Waals surface area (Å²) in [4.78, 5) is 0. The van der Waals surface area contributed by atoms with E-state index in [0.717, 1.165) is 24.8 Å². The normalized spacial score (nSPS) is 19.7. The van der Waals surface area contributed by atoms with Gasteiger partial charge in [0.1, 0.15) is 5.84 Å². The molecule has 1 saturated carbocycles. The molecule has 5 N–H and O–H groups in total. The molecule has 1 aliphatic rings. The zero-order chi connectivity index (χ0) is 13.7. The molecule has 0 spiro atoms. The first-order chi connectivity index (χ1) is 9.21. The Bertz CT molecular complexity index is 424. The quantitative estimate of drug-likeness (QED) is 0.267. The van der Waals surface area contributed by atoms with Crippen molar-refractivity contribution < 1.29 is 10.3 Å². The monoisotopic (exact) mass is 263 g/mol. The average molecular weight is 263 g/mol. The fourth-order valence-electron chi connectivity index (χ4n) is 2.46. The fourth-order valence-corrected chi connectivity index (χ4v) is 2.46. The lowest BCUT2D eigenvalue weighted by Crippen LogP contribution is -2.55. The van der Waals surface area contributed by atoms with Gasteiger partial charge in [0.05, 0.1) is 12.5 Å². The Labute approximate surface area is 113 Å². The van der Waals surface area contributed by atoms with Gasteiger partial charge in [-0.05, 0) is 24.8 Å². The molecule has 1 aliphatic carbocycles. The molecule has 19 heavy (non-hydrogen) atoms. The van der Waals surface area contributed by atoms with Gasteiger partial charge in [0.25, 0.3) is 0 Å². The SMILES string of the molecule is N/C(=N/O)C(CNC1(CO)CCC1)c1ccccc1. The van der Waals surface area contributed by atoms with Gasteiger partial charge in [-0.15, -0.1) is 0 Å². The Hall–Kier alpha value is -1.59. The minimum absolute atomic E-state index is 0.130. The van der Waals surface area contributed by atoms with Crippen molar-refractivity contribution in [1.29, 1.82) is 0 Å². The number of amidine groups is 1. The number of hydrogen-bond acceptors (Lipinski definition) is 4. The van der Waals surface area contributed by atoms with Crippen LogP contribution in [0, 0.1) is 0 Å². The third-order valence-corrected chi connectivity index (χ3v) is 3.97. The lowest BCUT2D eigenvalue weighted by Gasteiger charge is -2.42. The van der Waals surface area contributed by atoms with Gasteiger partial charge >= 0.3 is 0 Å². The first kappa shape index (κ1) is 13.8. The molecular formula is C14H21N3O2. The molecule has 0 aliphatic heterocycles. The Morgan fingerprint density at radius 3 is 2.53 bits per heavy atom. The number of rotatable bonds is 6. The smallest absolute Gasteiger partial charge is 0.147 e. The maximum Gasteiger partial charge on any atom is 0.147 e. The summed E-state index contributed by atoms with van der Waals surface area (Å²) >= 11 is 0. The molecule has 5 nitrogen and oxygen atoms in total. The largest absolute Gasteiger partial charge is 0.409 e. The lowest BCUT2D eigenvalue weighted by molar-refractivity contribution is 0.0888. The van der Waals surface area contributed by atoms with Crippen LogP contribution in [-0.2, 0) is 0 Å². The summed E-state index contributed by atoms with van der Waals surface area (Å²) < 4.78 is 0. The van der Waals surface area contributed by atoms with Gasteiger partial charge in [-0.3, -0.25) is 0 Å². The molecule has 1 atom stereocenters. The molecule has 1 unspecified atom stereocenters. The van der Waals surface area contributed by atoms with Crippen LogP contribution in [0.2, 0.25) is 0 Å². The van der Waals surface area contributed by atoms with Crippen molar-refractivity contribution in [2.75, 3.05) is 13.2 Å². The molecule has 0 saturated heterocycles. The molecular weight excluding hydrogens is 242 g/mol. The summed E-state index contributed by atoms with van der Waals surface area (Å²) in [5.74, 6) is 0.00124. The fraction of sp³-hybridized carbons (Fsp3) is 0.500. The Balaban J connectivity index is 2.07. The van der Waals surface area contributed by atoms with Crippen molar-refractivity contribution in [3.8, 4) is 0 Å². The number of nitrogens with one attached hydrogen (secondary N) is 1. The highest BCUT2D eigenvalue weighted by molar-refractivity contribution is 5.87. The number of nitrogens with zero attached hydrogens (tertiary/aromatic N) is 1. The second-order valence-electron chi connectivity index (χ2n) is 5.16. The minimum atomic E-state index is -0.185. The van der Waals surface area contributed by atoms with Crippen LogP contribution in [0.1, 0.15) is 30.7 Å². The highest BCUT2D eigenvalue weighted by atomic mass is 16.4. The van der Waals surface area contributed by atoms with Gasteiger partial charge in [0.2, 0.25) is 0 Å². The van der Waals surface area contributed by atoms with Gasteiger partial charge in [-0.1, -0.05) is 35.5 Å². The van der Waals surface area contributed by atoms with Crippen molar-refractivity contribution in [1.82, 2.24) is 5.32 Å². The van der Waals surface area contributed by atoms with E-state index in [-0.39, 0.29) is 23.9 Å². The zero-order valence-corrected chi connectivity index (χ0v) is 10.9. The summed E-state index contributed by atoms with van der Waals surface area (Å²) in [5.41, 5.74) is 6.60. The van der Waals surface area contributed by atoms with Crippen molar-refractivity contribution in [2.24, 2.45) is 10.9 Å². The van der Waals surface area contributed by atoms with Crippen molar-refractivity contribution in [3.05, 3.63) is 35.9 Å². The van der Waals surface area contributed by atoms with Gasteiger partial charge in [-0.25, -0.2) is 0 Å². The summed E-state index contributed by atoms with van der Waals surface area (Å²) in [7, 11) is 0. The topological polar surface area (TPSA) is 90.9 Å². The second kappa shape index (κ2) is 6.04. The maximum atomic E-state index is 9.44. The number of nitrogens with two attached hydrogens (primary N) is 1. The molecule has 0 amide bonds. The molecule has 5 heteroatoms. The van der Waals surface area contributed by atoms with Crippen molar-refractivity contribution >= 4 is 5.84 Å². The van der Waals surface area contributed by atoms with Gasteiger partial charge in [0, 0.05) is 12.1 Å². The molecule has 1 aromatic rings. The highest BCUT2D eigenvalue weighted by Gasteiger charge is 2.36. The van der Waals surface area contributed by atoms with Gasteiger partial charge < -0.3 is 21.4 Å². The van der Waals surface area contributed by atoms with E-state index in [1.807, 2.05) is 30.3 Å². The molecule has 0 heterocycles. The third kappa shape index (κ3) is 3.05.